The molecule has 8 nitrogen and oxygen atoms in total. The molecule has 1 aliphatic heterocycles. The second-order valence-corrected chi connectivity index (χ2v) is 9.56. The van der Waals surface area contributed by atoms with E-state index in [1.807, 2.05) is 36.4 Å². The summed E-state index contributed by atoms with van der Waals surface area (Å²) >= 11 is 13.2. The minimum absolute atomic E-state index is 0.0896. The van der Waals surface area contributed by atoms with Gasteiger partial charge in [-0.15, -0.1) is 0 Å². The number of nitrogens with zero attached hydrogens (tertiary/aromatic N) is 1. The second-order valence-electron chi connectivity index (χ2n) is 7.75. The van der Waals surface area contributed by atoms with Crippen molar-refractivity contribution in [2.75, 3.05) is 25.1 Å². The number of amides is 3. The summed E-state index contributed by atoms with van der Waals surface area (Å²) in [4.78, 5) is 50.6. The molecule has 3 aromatic rings. The van der Waals surface area contributed by atoms with Crippen LogP contribution in [0.3, 0.4) is 0 Å². The summed E-state index contributed by atoms with van der Waals surface area (Å²) in [6, 6.07) is 16.0. The van der Waals surface area contributed by atoms with Gasteiger partial charge in [0.05, 0.1) is 21.6 Å². The molecule has 1 N–H and O–H groups in total. The molecule has 0 radical (unpaired) electrons. The third-order valence-electron chi connectivity index (χ3n) is 5.20. The number of fused-ring (bicyclic) bond motifs is 1. The van der Waals surface area contributed by atoms with Crippen LogP contribution in [0.4, 0.5) is 10.5 Å². The summed E-state index contributed by atoms with van der Waals surface area (Å²) in [5, 5.41) is 4.21. The molecule has 0 atom stereocenters. The van der Waals surface area contributed by atoms with Crippen LogP contribution in [0.2, 0.25) is 10.0 Å². The summed E-state index contributed by atoms with van der Waals surface area (Å²) in [5.74, 6) is -1.60. The number of benzene rings is 3. The number of halogens is 2. The van der Waals surface area contributed by atoms with Gasteiger partial charge in [0.2, 0.25) is 5.91 Å². The molecule has 0 aromatic heterocycles. The molecule has 0 aliphatic carbocycles. The fraction of sp³-hybridized carbons (Fsp3) is 0.154. The van der Waals surface area contributed by atoms with E-state index in [4.69, 9.17) is 32.7 Å². The highest BCUT2D eigenvalue weighted by Gasteiger charge is 2.36. The first-order chi connectivity index (χ1) is 17.8. The lowest BCUT2D eigenvalue weighted by atomic mass is 10.1. The Bertz CT molecular complexity index is 1410. The van der Waals surface area contributed by atoms with Crippen LogP contribution in [0.15, 0.2) is 59.5 Å². The Balaban J connectivity index is 1.45. The first kappa shape index (κ1) is 26.5. The fourth-order valence-electron chi connectivity index (χ4n) is 3.59. The molecular formula is C26H20Cl2N2O6S. The number of imide groups is 1. The molecule has 1 saturated heterocycles. The van der Waals surface area contributed by atoms with Crippen LogP contribution in [-0.4, -0.2) is 47.7 Å². The number of carbonyl (C=O) groups is 4. The summed E-state index contributed by atoms with van der Waals surface area (Å²) in [6.45, 7) is 1.08. The van der Waals surface area contributed by atoms with Gasteiger partial charge in [0.15, 0.2) is 12.4 Å². The van der Waals surface area contributed by atoms with E-state index in [0.717, 1.165) is 15.7 Å². The number of nitrogens with one attached hydrogen (secondary N) is 1. The average molecular weight is 559 g/mol. The van der Waals surface area contributed by atoms with E-state index < -0.39 is 29.6 Å². The molecule has 190 valence electrons. The standard InChI is InChI=1S/C26H20Cl2N2O6S/c1-2-35-23(32)14-36-24-18(27)10-15(11-19(24)28)12-21-25(33)30(26(34)37-21)13-22(31)29-20-9-5-7-16-6-3-4-8-17(16)20/h3-12H,2,13-14H2,1H3,(H,29,31)/b21-12-. The van der Waals surface area contributed by atoms with Crippen LogP contribution < -0.4 is 10.1 Å². The Morgan fingerprint density at radius 1 is 1.05 bits per heavy atom. The van der Waals surface area contributed by atoms with Crippen molar-refractivity contribution in [3.63, 3.8) is 0 Å². The maximum absolute atomic E-state index is 12.9. The van der Waals surface area contributed by atoms with Crippen molar-refractivity contribution in [1.29, 1.82) is 0 Å². The van der Waals surface area contributed by atoms with E-state index in [0.29, 0.717) is 23.0 Å². The van der Waals surface area contributed by atoms with E-state index in [1.54, 1.807) is 13.0 Å². The van der Waals surface area contributed by atoms with Crippen molar-refractivity contribution < 1.29 is 28.7 Å². The topological polar surface area (TPSA) is 102 Å². The average Bonchev–Trinajstić information content (AvgIpc) is 3.11. The van der Waals surface area contributed by atoms with Crippen molar-refractivity contribution in [2.24, 2.45) is 0 Å². The molecule has 1 aliphatic rings. The predicted octanol–water partition coefficient (Wildman–Crippen LogP) is 5.76. The normalized spacial score (nSPS) is 14.4. The molecule has 11 heteroatoms. The number of ether oxygens (including phenoxy) is 2. The first-order valence-corrected chi connectivity index (χ1v) is 12.6. The van der Waals surface area contributed by atoms with E-state index in [1.165, 1.54) is 18.2 Å². The van der Waals surface area contributed by atoms with Gasteiger partial charge in [-0.2, -0.15) is 0 Å². The maximum atomic E-state index is 12.9. The SMILES string of the molecule is CCOC(=O)COc1c(Cl)cc(/C=C2\SC(=O)N(CC(=O)Nc3cccc4ccccc34)C2=O)cc1Cl. The molecule has 4 rings (SSSR count). The van der Waals surface area contributed by atoms with E-state index in [9.17, 15) is 19.2 Å². The van der Waals surface area contributed by atoms with Crippen LogP contribution >= 0.6 is 35.0 Å². The quantitative estimate of drug-likeness (QED) is 0.277. The van der Waals surface area contributed by atoms with Crippen molar-refractivity contribution in [3.8, 4) is 5.75 Å². The van der Waals surface area contributed by atoms with Crippen LogP contribution in [0, 0.1) is 0 Å². The lowest BCUT2D eigenvalue weighted by molar-refractivity contribution is -0.145. The molecule has 0 bridgehead atoms. The highest BCUT2D eigenvalue weighted by Crippen LogP contribution is 2.37. The predicted molar refractivity (Wildman–Crippen MR) is 144 cm³/mol. The molecule has 1 heterocycles. The van der Waals surface area contributed by atoms with Crippen LogP contribution in [0.25, 0.3) is 16.8 Å². The third kappa shape index (κ3) is 6.25. The van der Waals surface area contributed by atoms with E-state index in [-0.39, 0.29) is 33.9 Å². The summed E-state index contributed by atoms with van der Waals surface area (Å²) < 4.78 is 10.1. The zero-order valence-electron chi connectivity index (χ0n) is 19.5. The molecule has 0 saturated carbocycles. The number of hydrogen-bond acceptors (Lipinski definition) is 7. The van der Waals surface area contributed by atoms with Crippen molar-refractivity contribution in [2.45, 2.75) is 6.92 Å². The number of carbonyl (C=O) groups excluding carboxylic acids is 4. The largest absolute Gasteiger partial charge is 0.479 e. The van der Waals surface area contributed by atoms with Gasteiger partial charge in [0.1, 0.15) is 6.54 Å². The van der Waals surface area contributed by atoms with Gasteiger partial charge >= 0.3 is 5.97 Å². The minimum atomic E-state index is -0.613. The summed E-state index contributed by atoms with van der Waals surface area (Å²) in [5.41, 5.74) is 1.02. The number of anilines is 1. The molecule has 3 amide bonds. The lowest BCUT2D eigenvalue weighted by Gasteiger charge is -2.13. The van der Waals surface area contributed by atoms with Gasteiger partial charge in [-0.1, -0.05) is 59.6 Å². The van der Waals surface area contributed by atoms with Crippen molar-refractivity contribution >= 4 is 80.5 Å². The van der Waals surface area contributed by atoms with Crippen molar-refractivity contribution in [1.82, 2.24) is 4.90 Å². The molecule has 1 fully saturated rings. The van der Waals surface area contributed by atoms with Crippen LogP contribution in [0.1, 0.15) is 12.5 Å². The highest BCUT2D eigenvalue weighted by molar-refractivity contribution is 8.18. The Morgan fingerprint density at radius 2 is 1.76 bits per heavy atom. The van der Waals surface area contributed by atoms with E-state index in [2.05, 4.69) is 5.32 Å². The molecular weight excluding hydrogens is 539 g/mol. The van der Waals surface area contributed by atoms with Gasteiger partial charge in [-0.05, 0) is 53.9 Å². The fourth-order valence-corrected chi connectivity index (χ4v) is 5.04. The molecule has 0 spiro atoms. The smallest absolute Gasteiger partial charge is 0.344 e. The highest BCUT2D eigenvalue weighted by atomic mass is 35.5. The third-order valence-corrected chi connectivity index (χ3v) is 6.67. The number of rotatable bonds is 8. The Morgan fingerprint density at radius 3 is 2.49 bits per heavy atom. The van der Waals surface area contributed by atoms with Crippen LogP contribution in [0.5, 0.6) is 5.75 Å². The minimum Gasteiger partial charge on any atom is -0.479 e. The van der Waals surface area contributed by atoms with Gasteiger partial charge in [-0.3, -0.25) is 19.3 Å². The molecule has 3 aromatic carbocycles. The Kier molecular flexibility index (Phi) is 8.38. The molecule has 37 heavy (non-hydrogen) atoms. The monoisotopic (exact) mass is 558 g/mol. The zero-order valence-corrected chi connectivity index (χ0v) is 21.8. The summed E-state index contributed by atoms with van der Waals surface area (Å²) in [6.07, 6.45) is 1.44. The number of thioether (sulfide) groups is 1. The van der Waals surface area contributed by atoms with Gasteiger partial charge < -0.3 is 14.8 Å². The number of esters is 1. The Hall–Kier alpha value is -3.53. The van der Waals surface area contributed by atoms with E-state index >= 15 is 0 Å². The van der Waals surface area contributed by atoms with Gasteiger partial charge in [0, 0.05) is 11.1 Å². The Labute approximate surface area is 226 Å². The first-order valence-electron chi connectivity index (χ1n) is 11.1. The lowest BCUT2D eigenvalue weighted by Crippen LogP contribution is -2.36. The van der Waals surface area contributed by atoms with Gasteiger partial charge in [-0.25, -0.2) is 4.79 Å². The molecule has 0 unspecified atom stereocenters. The maximum Gasteiger partial charge on any atom is 0.344 e. The van der Waals surface area contributed by atoms with Crippen LogP contribution in [-0.2, 0) is 19.1 Å². The zero-order chi connectivity index (χ0) is 26.5. The summed E-state index contributed by atoms with van der Waals surface area (Å²) in [7, 11) is 0. The van der Waals surface area contributed by atoms with Crippen molar-refractivity contribution in [3.05, 3.63) is 75.1 Å². The second kappa shape index (κ2) is 11.7. The number of hydrogen-bond donors (Lipinski definition) is 1. The van der Waals surface area contributed by atoms with Gasteiger partial charge in [0.25, 0.3) is 11.1 Å².